The molecule has 0 aliphatic heterocycles. The number of thioether (sulfide) groups is 1. The summed E-state index contributed by atoms with van der Waals surface area (Å²) in [5.41, 5.74) is 8.28. The lowest BCUT2D eigenvalue weighted by molar-refractivity contribution is 0.414. The largest absolute Gasteiger partial charge is 0.497 e. The number of hydrogen-bond donors (Lipinski definition) is 1. The third-order valence-electron chi connectivity index (χ3n) is 4.14. The summed E-state index contributed by atoms with van der Waals surface area (Å²) in [6.45, 7) is 0.805. The highest BCUT2D eigenvalue weighted by Gasteiger charge is 2.09. The minimum absolute atomic E-state index is 0.411. The Balaban J connectivity index is 1.40. The number of hydrogen-bond acceptors (Lipinski definition) is 7. The first-order chi connectivity index (χ1) is 13.3. The highest BCUT2D eigenvalue weighted by Crippen LogP contribution is 2.24. The summed E-state index contributed by atoms with van der Waals surface area (Å²) in [7, 11) is 1.67. The number of rotatable bonds is 7. The Hall–Kier alpha value is -3.07. The van der Waals surface area contributed by atoms with E-state index in [2.05, 4.69) is 24.5 Å². The molecule has 0 atom stereocenters. The highest BCUT2D eigenvalue weighted by atomic mass is 32.2. The maximum atomic E-state index is 5.83. The molecule has 4 aromatic rings. The molecule has 0 bridgehead atoms. The van der Waals surface area contributed by atoms with Crippen LogP contribution < -0.4 is 10.5 Å². The summed E-state index contributed by atoms with van der Waals surface area (Å²) in [5.74, 6) is 2.15. The molecule has 9 heteroatoms. The summed E-state index contributed by atoms with van der Waals surface area (Å²) in [5, 5.41) is 0.949. The number of nitrogens with two attached hydrogens (primary N) is 1. The van der Waals surface area contributed by atoms with E-state index in [1.165, 1.54) is 6.33 Å². The Labute approximate surface area is 160 Å². The number of fused-ring (bicyclic) bond motifs is 1. The van der Waals surface area contributed by atoms with Gasteiger partial charge in [0, 0.05) is 30.8 Å². The van der Waals surface area contributed by atoms with Gasteiger partial charge in [0.15, 0.2) is 16.6 Å². The number of anilines is 1. The van der Waals surface area contributed by atoms with Crippen molar-refractivity contribution in [2.75, 3.05) is 18.6 Å². The molecule has 0 fully saturated rings. The molecule has 0 saturated heterocycles. The van der Waals surface area contributed by atoms with Crippen molar-refractivity contribution in [2.45, 2.75) is 18.1 Å². The Morgan fingerprint density at radius 3 is 3.00 bits per heavy atom. The van der Waals surface area contributed by atoms with Gasteiger partial charge >= 0.3 is 0 Å². The van der Waals surface area contributed by atoms with E-state index >= 15 is 0 Å². The highest BCUT2D eigenvalue weighted by molar-refractivity contribution is 7.99. The molecule has 0 saturated carbocycles. The Kier molecular flexibility index (Phi) is 4.93. The van der Waals surface area contributed by atoms with Crippen LogP contribution in [0.2, 0.25) is 0 Å². The number of aryl methyl sites for hydroxylation is 1. The van der Waals surface area contributed by atoms with Crippen LogP contribution in [0.1, 0.15) is 6.42 Å². The molecule has 0 aliphatic carbocycles. The molecule has 2 N–H and O–H groups in total. The first-order valence-corrected chi connectivity index (χ1v) is 9.46. The van der Waals surface area contributed by atoms with E-state index in [0.717, 1.165) is 41.0 Å². The number of nitrogen functional groups attached to an aromatic ring is 1. The normalized spacial score (nSPS) is 11.1. The lowest BCUT2D eigenvalue weighted by Crippen LogP contribution is -2.01. The van der Waals surface area contributed by atoms with Gasteiger partial charge in [0.25, 0.3) is 0 Å². The minimum atomic E-state index is 0.411. The molecule has 0 spiro atoms. The van der Waals surface area contributed by atoms with Gasteiger partial charge in [-0.25, -0.2) is 19.9 Å². The molecule has 0 amide bonds. The lowest BCUT2D eigenvalue weighted by atomic mass is 10.3. The zero-order chi connectivity index (χ0) is 18.6. The van der Waals surface area contributed by atoms with E-state index in [-0.39, 0.29) is 0 Å². The maximum absolute atomic E-state index is 5.83. The van der Waals surface area contributed by atoms with E-state index in [9.17, 15) is 0 Å². The van der Waals surface area contributed by atoms with Crippen molar-refractivity contribution in [2.24, 2.45) is 0 Å². The van der Waals surface area contributed by atoms with Crippen molar-refractivity contribution in [1.82, 2.24) is 29.1 Å². The van der Waals surface area contributed by atoms with Gasteiger partial charge in [-0.15, -0.1) is 0 Å². The summed E-state index contributed by atoms with van der Waals surface area (Å²) >= 11 is 1.71. The summed E-state index contributed by atoms with van der Waals surface area (Å²) in [4.78, 5) is 17.0. The van der Waals surface area contributed by atoms with E-state index in [1.807, 2.05) is 41.2 Å². The van der Waals surface area contributed by atoms with Crippen LogP contribution in [0.4, 0.5) is 5.82 Å². The van der Waals surface area contributed by atoms with Gasteiger partial charge in [-0.3, -0.25) is 4.57 Å². The third kappa shape index (κ3) is 3.59. The predicted molar refractivity (Wildman–Crippen MR) is 105 cm³/mol. The second kappa shape index (κ2) is 7.67. The van der Waals surface area contributed by atoms with Gasteiger partial charge < -0.3 is 15.0 Å². The van der Waals surface area contributed by atoms with Crippen molar-refractivity contribution in [3.8, 4) is 11.4 Å². The van der Waals surface area contributed by atoms with E-state index in [0.29, 0.717) is 11.3 Å². The Morgan fingerprint density at radius 1 is 1.19 bits per heavy atom. The molecule has 0 aliphatic rings. The number of benzene rings is 1. The van der Waals surface area contributed by atoms with Crippen molar-refractivity contribution in [3.63, 3.8) is 0 Å². The minimum Gasteiger partial charge on any atom is -0.497 e. The SMILES string of the molecule is COc1cccc(-n2ccnc2SCCCn2cnc3c(N)ncnc32)c1. The van der Waals surface area contributed by atoms with Crippen LogP contribution in [0.15, 0.2) is 54.5 Å². The number of imidazole rings is 2. The van der Waals surface area contributed by atoms with Gasteiger partial charge in [-0.05, 0) is 18.6 Å². The zero-order valence-electron chi connectivity index (χ0n) is 14.8. The van der Waals surface area contributed by atoms with Gasteiger partial charge in [0.05, 0.1) is 19.1 Å². The smallest absolute Gasteiger partial charge is 0.172 e. The topological polar surface area (TPSA) is 96.7 Å². The van der Waals surface area contributed by atoms with Crippen LogP contribution in [0, 0.1) is 0 Å². The molecule has 27 heavy (non-hydrogen) atoms. The van der Waals surface area contributed by atoms with E-state index < -0.39 is 0 Å². The molecule has 3 heterocycles. The standard InChI is InChI=1S/C18H19N7OS/c1-26-14-5-2-4-13(10-14)25-8-6-20-18(25)27-9-3-7-24-12-23-15-16(19)21-11-22-17(15)24/h2,4-6,8,10-12H,3,7,9H2,1H3,(H2,19,21,22). The molecule has 0 radical (unpaired) electrons. The molecule has 8 nitrogen and oxygen atoms in total. The average Bonchev–Trinajstić information content (AvgIpc) is 3.33. The van der Waals surface area contributed by atoms with Crippen molar-refractivity contribution in [1.29, 1.82) is 0 Å². The van der Waals surface area contributed by atoms with E-state index in [4.69, 9.17) is 10.5 Å². The van der Waals surface area contributed by atoms with Crippen LogP contribution in [-0.2, 0) is 6.54 Å². The molecule has 1 aromatic carbocycles. The summed E-state index contributed by atoms with van der Waals surface area (Å²) < 4.78 is 9.37. The van der Waals surface area contributed by atoms with Gasteiger partial charge in [0.1, 0.15) is 17.6 Å². The molecular formula is C18H19N7OS. The first-order valence-electron chi connectivity index (χ1n) is 8.48. The van der Waals surface area contributed by atoms with Crippen LogP contribution in [0.25, 0.3) is 16.9 Å². The number of methoxy groups -OCH3 is 1. The van der Waals surface area contributed by atoms with Gasteiger partial charge in [0.2, 0.25) is 0 Å². The van der Waals surface area contributed by atoms with Crippen molar-refractivity contribution < 1.29 is 4.74 Å². The van der Waals surface area contributed by atoms with Crippen LogP contribution in [0.5, 0.6) is 5.75 Å². The predicted octanol–water partition coefficient (Wildman–Crippen LogP) is 2.79. The molecule has 4 rings (SSSR count). The fourth-order valence-corrected chi connectivity index (χ4v) is 3.71. The van der Waals surface area contributed by atoms with Gasteiger partial charge in [-0.1, -0.05) is 17.8 Å². The van der Waals surface area contributed by atoms with E-state index in [1.54, 1.807) is 25.2 Å². The lowest BCUT2D eigenvalue weighted by Gasteiger charge is -2.09. The van der Waals surface area contributed by atoms with Crippen molar-refractivity contribution >= 4 is 28.7 Å². The van der Waals surface area contributed by atoms with Crippen LogP contribution >= 0.6 is 11.8 Å². The second-order valence-corrected chi connectivity index (χ2v) is 6.91. The molecular weight excluding hydrogens is 362 g/mol. The fourth-order valence-electron chi connectivity index (χ4n) is 2.81. The fraction of sp³-hybridized carbons (Fsp3) is 0.222. The third-order valence-corrected chi connectivity index (χ3v) is 5.20. The Bertz CT molecular complexity index is 1060. The Morgan fingerprint density at radius 2 is 2.11 bits per heavy atom. The maximum Gasteiger partial charge on any atom is 0.172 e. The average molecular weight is 381 g/mol. The summed E-state index contributed by atoms with van der Waals surface area (Å²) in [6, 6.07) is 7.93. The monoisotopic (exact) mass is 381 g/mol. The van der Waals surface area contributed by atoms with Crippen LogP contribution in [0.3, 0.4) is 0 Å². The molecule has 0 unspecified atom stereocenters. The number of aromatic nitrogens is 6. The quantitative estimate of drug-likeness (QED) is 0.388. The first kappa shape index (κ1) is 17.3. The molecule has 138 valence electrons. The van der Waals surface area contributed by atoms with Gasteiger partial charge in [-0.2, -0.15) is 0 Å². The van der Waals surface area contributed by atoms with Crippen molar-refractivity contribution in [3.05, 3.63) is 49.3 Å². The number of nitrogens with zero attached hydrogens (tertiary/aromatic N) is 6. The molecule has 3 aromatic heterocycles. The summed E-state index contributed by atoms with van der Waals surface area (Å²) in [6.07, 6.45) is 7.95. The number of ether oxygens (including phenoxy) is 1. The zero-order valence-corrected chi connectivity index (χ0v) is 15.6. The van der Waals surface area contributed by atoms with Crippen LogP contribution in [-0.4, -0.2) is 41.9 Å². The second-order valence-electron chi connectivity index (χ2n) is 5.85.